The number of nitrogens with zero attached hydrogens (tertiary/aromatic N) is 2. The largest absolute Gasteiger partial charge is 0.296 e. The van der Waals surface area contributed by atoms with Gasteiger partial charge in [0.2, 0.25) is 10.0 Å². The summed E-state index contributed by atoms with van der Waals surface area (Å²) >= 11 is 0. The van der Waals surface area contributed by atoms with E-state index in [-0.39, 0.29) is 11.3 Å². The van der Waals surface area contributed by atoms with Gasteiger partial charge in [-0.2, -0.15) is 0 Å². The van der Waals surface area contributed by atoms with E-state index in [0.29, 0.717) is 13.1 Å². The third-order valence-electron chi connectivity index (χ3n) is 5.76. The molecule has 0 saturated carbocycles. The van der Waals surface area contributed by atoms with Crippen molar-refractivity contribution in [1.29, 1.82) is 0 Å². The predicted octanol–water partition coefficient (Wildman–Crippen LogP) is 2.90. The highest BCUT2D eigenvalue weighted by Gasteiger charge is 2.45. The van der Waals surface area contributed by atoms with Gasteiger partial charge in [0.1, 0.15) is 0 Å². The van der Waals surface area contributed by atoms with Crippen LogP contribution in [0.25, 0.3) is 0 Å². The molecule has 0 bridgehead atoms. The van der Waals surface area contributed by atoms with E-state index < -0.39 is 10.0 Å². The van der Waals surface area contributed by atoms with Crippen molar-refractivity contribution in [3.8, 4) is 0 Å². The molecule has 2 saturated heterocycles. The van der Waals surface area contributed by atoms with Crippen LogP contribution >= 0.6 is 0 Å². The van der Waals surface area contributed by atoms with E-state index in [1.165, 1.54) is 12.0 Å². The molecular formula is C19H30N2O2S. The molecule has 0 aromatic heterocycles. The Morgan fingerprint density at radius 2 is 1.79 bits per heavy atom. The predicted molar refractivity (Wildman–Crippen MR) is 98.6 cm³/mol. The molecule has 24 heavy (non-hydrogen) atoms. The number of hydrogen-bond donors (Lipinski definition) is 0. The zero-order chi connectivity index (χ0) is 17.0. The summed E-state index contributed by atoms with van der Waals surface area (Å²) in [5, 5.41) is 0. The van der Waals surface area contributed by atoms with Gasteiger partial charge < -0.3 is 0 Å². The zero-order valence-corrected chi connectivity index (χ0v) is 15.6. The van der Waals surface area contributed by atoms with Crippen molar-refractivity contribution in [2.75, 3.05) is 31.9 Å². The molecule has 2 aliphatic heterocycles. The van der Waals surface area contributed by atoms with Gasteiger partial charge in [0.05, 0.1) is 5.75 Å². The fraction of sp³-hybridized carbons (Fsp3) is 0.684. The lowest BCUT2D eigenvalue weighted by molar-refractivity contribution is 0.0732. The fourth-order valence-corrected chi connectivity index (χ4v) is 5.62. The van der Waals surface area contributed by atoms with E-state index in [1.54, 1.807) is 11.2 Å². The molecule has 3 rings (SSSR count). The van der Waals surface area contributed by atoms with Crippen LogP contribution in [0.2, 0.25) is 0 Å². The normalized spacial score (nSPS) is 26.2. The van der Waals surface area contributed by atoms with Crippen molar-refractivity contribution in [3.05, 3.63) is 35.9 Å². The smallest absolute Gasteiger partial charge is 0.213 e. The Bertz CT molecular complexity index is 632. The fourth-order valence-electron chi connectivity index (χ4n) is 4.41. The quantitative estimate of drug-likeness (QED) is 0.792. The first kappa shape index (κ1) is 17.9. The third kappa shape index (κ3) is 3.84. The first-order valence-electron chi connectivity index (χ1n) is 9.33. The van der Waals surface area contributed by atoms with Crippen LogP contribution in [0.5, 0.6) is 0 Å². The summed E-state index contributed by atoms with van der Waals surface area (Å²) in [4.78, 5) is 2.59. The molecule has 1 aromatic rings. The second kappa shape index (κ2) is 7.54. The van der Waals surface area contributed by atoms with E-state index in [1.807, 2.05) is 0 Å². The Balaban J connectivity index is 1.61. The molecule has 0 aliphatic carbocycles. The minimum atomic E-state index is -3.06. The van der Waals surface area contributed by atoms with Crippen LogP contribution in [0, 0.1) is 0 Å². The van der Waals surface area contributed by atoms with Crippen LogP contribution in [0.4, 0.5) is 0 Å². The van der Waals surface area contributed by atoms with Gasteiger partial charge in [-0.15, -0.1) is 0 Å². The molecule has 2 aliphatic rings. The Labute approximate surface area is 146 Å². The van der Waals surface area contributed by atoms with Crippen molar-refractivity contribution < 1.29 is 8.42 Å². The Morgan fingerprint density at radius 1 is 1.08 bits per heavy atom. The number of sulfonamides is 1. The van der Waals surface area contributed by atoms with Gasteiger partial charge in [0.15, 0.2) is 0 Å². The van der Waals surface area contributed by atoms with Gasteiger partial charge in [-0.1, -0.05) is 30.3 Å². The van der Waals surface area contributed by atoms with Gasteiger partial charge in [-0.05, 0) is 64.1 Å². The van der Waals surface area contributed by atoms with Gasteiger partial charge in [0.25, 0.3) is 0 Å². The molecule has 4 nitrogen and oxygen atoms in total. The Morgan fingerprint density at radius 3 is 2.50 bits per heavy atom. The van der Waals surface area contributed by atoms with Crippen LogP contribution in [-0.2, 0) is 16.4 Å². The molecule has 0 unspecified atom stereocenters. The number of likely N-dealkylation sites (tertiary alicyclic amines) is 1. The lowest BCUT2D eigenvalue weighted by atomic mass is 9.87. The van der Waals surface area contributed by atoms with E-state index in [2.05, 4.69) is 35.2 Å². The highest BCUT2D eigenvalue weighted by molar-refractivity contribution is 7.89. The highest BCUT2D eigenvalue weighted by atomic mass is 32.2. The summed E-state index contributed by atoms with van der Waals surface area (Å²) in [7, 11) is -3.06. The van der Waals surface area contributed by atoms with Crippen LogP contribution in [0.3, 0.4) is 0 Å². The number of benzene rings is 1. The molecular weight excluding hydrogens is 320 g/mol. The van der Waals surface area contributed by atoms with Crippen molar-refractivity contribution in [1.82, 2.24) is 9.21 Å². The third-order valence-corrected chi connectivity index (χ3v) is 7.58. The van der Waals surface area contributed by atoms with E-state index in [0.717, 1.165) is 45.2 Å². The Kier molecular flexibility index (Phi) is 5.63. The summed E-state index contributed by atoms with van der Waals surface area (Å²) < 4.78 is 26.4. The number of hydrogen-bond acceptors (Lipinski definition) is 3. The topological polar surface area (TPSA) is 40.6 Å². The minimum Gasteiger partial charge on any atom is -0.296 e. The highest BCUT2D eigenvalue weighted by Crippen LogP contribution is 2.38. The van der Waals surface area contributed by atoms with Crippen LogP contribution in [-0.4, -0.2) is 55.1 Å². The van der Waals surface area contributed by atoms with Gasteiger partial charge in [-0.25, -0.2) is 12.7 Å². The van der Waals surface area contributed by atoms with E-state index >= 15 is 0 Å². The first-order valence-corrected chi connectivity index (χ1v) is 10.9. The minimum absolute atomic E-state index is 0.0944. The number of piperidine rings is 1. The summed E-state index contributed by atoms with van der Waals surface area (Å²) in [6, 6.07) is 10.6. The molecule has 0 N–H and O–H groups in total. The molecule has 1 atom stereocenters. The van der Waals surface area contributed by atoms with Crippen molar-refractivity contribution >= 4 is 10.0 Å². The average Bonchev–Trinajstić information content (AvgIpc) is 2.98. The van der Waals surface area contributed by atoms with Crippen LogP contribution in [0.15, 0.2) is 30.3 Å². The summed E-state index contributed by atoms with van der Waals surface area (Å²) in [5.74, 6) is 0.219. The average molecular weight is 351 g/mol. The van der Waals surface area contributed by atoms with Crippen molar-refractivity contribution in [2.24, 2.45) is 0 Å². The van der Waals surface area contributed by atoms with Crippen molar-refractivity contribution in [2.45, 2.75) is 51.0 Å². The molecule has 0 amide bonds. The maximum Gasteiger partial charge on any atom is 0.213 e. The van der Waals surface area contributed by atoms with Gasteiger partial charge >= 0.3 is 0 Å². The van der Waals surface area contributed by atoms with Gasteiger partial charge in [0, 0.05) is 18.6 Å². The van der Waals surface area contributed by atoms with Crippen LogP contribution in [0.1, 0.15) is 44.6 Å². The SMILES string of the molecule is CCS(=O)(=O)N1CCC[C@@]2(CCCN2CCCc2ccccc2)C1. The molecule has 134 valence electrons. The molecule has 5 heteroatoms. The second-order valence-electron chi connectivity index (χ2n) is 7.24. The molecule has 2 heterocycles. The maximum absolute atomic E-state index is 12.3. The number of rotatable bonds is 6. The van der Waals surface area contributed by atoms with Crippen LogP contribution < -0.4 is 0 Å². The van der Waals surface area contributed by atoms with E-state index in [4.69, 9.17) is 0 Å². The van der Waals surface area contributed by atoms with Gasteiger partial charge in [-0.3, -0.25) is 4.90 Å². The molecule has 0 radical (unpaired) electrons. The molecule has 1 aromatic carbocycles. The monoisotopic (exact) mass is 350 g/mol. The lowest BCUT2D eigenvalue weighted by Crippen LogP contribution is -2.57. The molecule has 2 fully saturated rings. The maximum atomic E-state index is 12.3. The lowest BCUT2D eigenvalue weighted by Gasteiger charge is -2.45. The first-order chi connectivity index (χ1) is 11.6. The second-order valence-corrected chi connectivity index (χ2v) is 9.50. The number of aryl methyl sites for hydroxylation is 1. The van der Waals surface area contributed by atoms with Crippen molar-refractivity contribution in [3.63, 3.8) is 0 Å². The summed E-state index contributed by atoms with van der Waals surface area (Å²) in [6.45, 7) is 5.36. The summed E-state index contributed by atoms with van der Waals surface area (Å²) in [6.07, 6.45) is 6.73. The Hall–Kier alpha value is -0.910. The molecule has 1 spiro atoms. The zero-order valence-electron chi connectivity index (χ0n) is 14.8. The van der Waals surface area contributed by atoms with E-state index in [9.17, 15) is 8.42 Å². The summed E-state index contributed by atoms with van der Waals surface area (Å²) in [5.41, 5.74) is 1.49. The standard InChI is InChI=1S/C19H30N2O2S/c1-2-24(22,23)21-16-8-13-19(17-21)12-7-15-20(19)14-6-11-18-9-4-3-5-10-18/h3-5,9-10H,2,6-8,11-17H2,1H3/t19-/m0/s1.